The van der Waals surface area contributed by atoms with E-state index in [0.717, 1.165) is 29.0 Å². The third-order valence-corrected chi connectivity index (χ3v) is 5.11. The Labute approximate surface area is 177 Å². The second kappa shape index (κ2) is 10.1. The van der Waals surface area contributed by atoms with E-state index in [9.17, 15) is 9.59 Å². The number of aryl methyl sites for hydroxylation is 1. The monoisotopic (exact) mass is 406 g/mol. The quantitative estimate of drug-likeness (QED) is 0.550. The molecule has 0 saturated carbocycles. The Morgan fingerprint density at radius 2 is 1.77 bits per heavy atom. The van der Waals surface area contributed by atoms with Crippen LogP contribution in [0.25, 0.3) is 11.0 Å². The Morgan fingerprint density at radius 3 is 2.47 bits per heavy atom. The molecule has 3 aromatic rings. The smallest absolute Gasteiger partial charge is 0.246 e. The maximum Gasteiger partial charge on any atom is 0.246 e. The zero-order valence-electron chi connectivity index (χ0n) is 18.0. The third-order valence-electron chi connectivity index (χ3n) is 5.11. The van der Waals surface area contributed by atoms with Crippen LogP contribution in [0.1, 0.15) is 33.0 Å². The highest BCUT2D eigenvalue weighted by Gasteiger charge is 2.18. The highest BCUT2D eigenvalue weighted by Crippen LogP contribution is 2.19. The van der Waals surface area contributed by atoms with Crippen molar-refractivity contribution in [2.45, 2.75) is 40.2 Å². The highest BCUT2D eigenvalue weighted by atomic mass is 16.2. The average molecular weight is 407 g/mol. The normalized spacial score (nSPS) is 11.1. The molecule has 0 unspecified atom stereocenters. The standard InChI is InChI=1S/C24H30N4O2/c1-4-27(19-11-6-5-7-12-19)23(29)17-28-21-14-9-8-13-20(21)26-22(28)15-10-16-25-24(30)18(2)3/h5-9,11-14,18H,4,10,15-17H2,1-3H3,(H,25,30). The first-order valence-corrected chi connectivity index (χ1v) is 10.6. The maximum atomic E-state index is 13.2. The van der Waals surface area contributed by atoms with Gasteiger partial charge in [0, 0.05) is 31.1 Å². The lowest BCUT2D eigenvalue weighted by molar-refractivity contribution is -0.124. The van der Waals surface area contributed by atoms with Gasteiger partial charge in [0.1, 0.15) is 12.4 Å². The summed E-state index contributed by atoms with van der Waals surface area (Å²) in [6.07, 6.45) is 1.46. The van der Waals surface area contributed by atoms with Gasteiger partial charge in [-0.15, -0.1) is 0 Å². The number of hydrogen-bond acceptors (Lipinski definition) is 3. The predicted molar refractivity (Wildman–Crippen MR) is 120 cm³/mol. The summed E-state index contributed by atoms with van der Waals surface area (Å²) < 4.78 is 2.01. The van der Waals surface area contributed by atoms with Crippen LogP contribution in [0.15, 0.2) is 54.6 Å². The van der Waals surface area contributed by atoms with Crippen LogP contribution < -0.4 is 10.2 Å². The molecule has 0 bridgehead atoms. The molecule has 0 spiro atoms. The van der Waals surface area contributed by atoms with Gasteiger partial charge in [-0.25, -0.2) is 4.98 Å². The van der Waals surface area contributed by atoms with E-state index in [4.69, 9.17) is 4.98 Å². The van der Waals surface area contributed by atoms with Gasteiger partial charge in [-0.2, -0.15) is 0 Å². The number of amides is 2. The van der Waals surface area contributed by atoms with E-state index in [1.54, 1.807) is 4.90 Å². The minimum absolute atomic E-state index is 0.0230. The van der Waals surface area contributed by atoms with E-state index in [-0.39, 0.29) is 24.3 Å². The van der Waals surface area contributed by atoms with Gasteiger partial charge in [0.2, 0.25) is 11.8 Å². The van der Waals surface area contributed by atoms with E-state index in [2.05, 4.69) is 5.32 Å². The molecule has 0 aliphatic carbocycles. The largest absolute Gasteiger partial charge is 0.356 e. The van der Waals surface area contributed by atoms with Gasteiger partial charge in [-0.05, 0) is 37.6 Å². The molecule has 1 heterocycles. The first-order chi connectivity index (χ1) is 14.5. The second-order valence-electron chi connectivity index (χ2n) is 7.63. The Morgan fingerprint density at radius 1 is 1.07 bits per heavy atom. The van der Waals surface area contributed by atoms with Gasteiger partial charge in [0.15, 0.2) is 0 Å². The van der Waals surface area contributed by atoms with Crippen molar-refractivity contribution in [3.63, 3.8) is 0 Å². The summed E-state index contributed by atoms with van der Waals surface area (Å²) in [6.45, 7) is 7.18. The Balaban J connectivity index is 1.77. The number of rotatable bonds is 9. The summed E-state index contributed by atoms with van der Waals surface area (Å²) >= 11 is 0. The molecule has 1 N–H and O–H groups in total. The number of carbonyl (C=O) groups is 2. The highest BCUT2D eigenvalue weighted by molar-refractivity contribution is 5.94. The molecular formula is C24H30N4O2. The number of nitrogens with zero attached hydrogens (tertiary/aromatic N) is 3. The lowest BCUT2D eigenvalue weighted by atomic mass is 10.2. The molecule has 0 atom stereocenters. The number of nitrogens with one attached hydrogen (secondary N) is 1. The van der Waals surface area contributed by atoms with Crippen molar-refractivity contribution in [3.05, 3.63) is 60.4 Å². The molecule has 0 radical (unpaired) electrons. The van der Waals surface area contributed by atoms with E-state index >= 15 is 0 Å². The van der Waals surface area contributed by atoms with Crippen LogP contribution in [0.2, 0.25) is 0 Å². The first kappa shape index (κ1) is 21.6. The fourth-order valence-electron chi connectivity index (χ4n) is 3.49. The van der Waals surface area contributed by atoms with Crippen LogP contribution in [-0.4, -0.2) is 34.5 Å². The number of carbonyl (C=O) groups excluding carboxylic acids is 2. The van der Waals surface area contributed by atoms with Crippen molar-refractivity contribution in [3.8, 4) is 0 Å². The van der Waals surface area contributed by atoms with Gasteiger partial charge in [0.05, 0.1) is 11.0 Å². The van der Waals surface area contributed by atoms with Crippen LogP contribution in [0.4, 0.5) is 5.69 Å². The average Bonchev–Trinajstić information content (AvgIpc) is 3.09. The van der Waals surface area contributed by atoms with E-state index in [1.807, 2.05) is 79.9 Å². The van der Waals surface area contributed by atoms with Crippen molar-refractivity contribution in [2.75, 3.05) is 18.0 Å². The van der Waals surface area contributed by atoms with E-state index in [1.165, 1.54) is 0 Å². The van der Waals surface area contributed by atoms with Crippen LogP contribution in [0.5, 0.6) is 0 Å². The molecule has 0 fully saturated rings. The Hall–Kier alpha value is -3.15. The van der Waals surface area contributed by atoms with Gasteiger partial charge in [-0.1, -0.05) is 44.2 Å². The fourth-order valence-corrected chi connectivity index (χ4v) is 3.49. The number of fused-ring (bicyclic) bond motifs is 1. The van der Waals surface area contributed by atoms with Crippen molar-refractivity contribution in [2.24, 2.45) is 5.92 Å². The van der Waals surface area contributed by atoms with Crippen molar-refractivity contribution in [1.82, 2.24) is 14.9 Å². The van der Waals surface area contributed by atoms with Gasteiger partial charge in [0.25, 0.3) is 0 Å². The zero-order chi connectivity index (χ0) is 21.5. The number of imidazole rings is 1. The first-order valence-electron chi connectivity index (χ1n) is 10.6. The van der Waals surface area contributed by atoms with Crippen molar-refractivity contribution >= 4 is 28.5 Å². The van der Waals surface area contributed by atoms with Crippen molar-refractivity contribution < 1.29 is 9.59 Å². The van der Waals surface area contributed by atoms with Crippen molar-refractivity contribution in [1.29, 1.82) is 0 Å². The summed E-state index contributed by atoms with van der Waals surface area (Å²) in [5, 5.41) is 2.94. The lowest BCUT2D eigenvalue weighted by Crippen LogP contribution is -2.34. The number of likely N-dealkylation sites (N-methyl/N-ethyl adjacent to an activating group) is 1. The minimum atomic E-state index is -0.0230. The predicted octanol–water partition coefficient (Wildman–Crippen LogP) is 3.79. The summed E-state index contributed by atoms with van der Waals surface area (Å²) in [5.74, 6) is 0.930. The zero-order valence-corrected chi connectivity index (χ0v) is 18.0. The molecule has 0 aliphatic heterocycles. The minimum Gasteiger partial charge on any atom is -0.356 e. The van der Waals surface area contributed by atoms with Gasteiger partial charge >= 0.3 is 0 Å². The number of benzene rings is 2. The summed E-state index contributed by atoms with van der Waals surface area (Å²) in [7, 11) is 0. The second-order valence-corrected chi connectivity index (χ2v) is 7.63. The molecule has 2 amide bonds. The maximum absolute atomic E-state index is 13.2. The molecule has 158 valence electrons. The number of para-hydroxylation sites is 3. The Kier molecular flexibility index (Phi) is 7.22. The number of anilines is 1. The van der Waals surface area contributed by atoms with Gasteiger partial charge in [-0.3, -0.25) is 9.59 Å². The summed E-state index contributed by atoms with van der Waals surface area (Å²) in [4.78, 5) is 31.5. The molecule has 2 aromatic carbocycles. The van der Waals surface area contributed by atoms with E-state index < -0.39 is 0 Å². The summed E-state index contributed by atoms with van der Waals surface area (Å²) in [6, 6.07) is 17.6. The molecule has 0 saturated heterocycles. The van der Waals surface area contributed by atoms with Crippen LogP contribution in [0, 0.1) is 5.92 Å². The van der Waals surface area contributed by atoms with Crippen LogP contribution in [-0.2, 0) is 22.6 Å². The number of aromatic nitrogens is 2. The van der Waals surface area contributed by atoms with Gasteiger partial charge < -0.3 is 14.8 Å². The lowest BCUT2D eigenvalue weighted by Gasteiger charge is -2.22. The molecule has 6 nitrogen and oxygen atoms in total. The molecular weight excluding hydrogens is 376 g/mol. The van der Waals surface area contributed by atoms with Crippen LogP contribution >= 0.6 is 0 Å². The third kappa shape index (κ3) is 5.06. The fraction of sp³-hybridized carbons (Fsp3) is 0.375. The number of hydrogen-bond donors (Lipinski definition) is 1. The topological polar surface area (TPSA) is 67.2 Å². The molecule has 1 aromatic heterocycles. The SMILES string of the molecule is CCN(C(=O)Cn1c(CCCNC(=O)C(C)C)nc2ccccc21)c1ccccc1. The molecule has 30 heavy (non-hydrogen) atoms. The molecule has 3 rings (SSSR count). The van der Waals surface area contributed by atoms with E-state index in [0.29, 0.717) is 19.5 Å². The molecule has 0 aliphatic rings. The molecule has 6 heteroatoms. The Bertz CT molecular complexity index is 995. The van der Waals surface area contributed by atoms with Crippen LogP contribution in [0.3, 0.4) is 0 Å². The summed E-state index contributed by atoms with van der Waals surface area (Å²) in [5.41, 5.74) is 2.73.